The van der Waals surface area contributed by atoms with Crippen molar-refractivity contribution >= 4 is 28.8 Å². The number of rotatable bonds is 7. The molecule has 0 spiro atoms. The third-order valence-corrected chi connectivity index (χ3v) is 4.44. The number of benzene rings is 1. The van der Waals surface area contributed by atoms with E-state index in [2.05, 4.69) is 10.6 Å². The zero-order valence-corrected chi connectivity index (χ0v) is 16.1. The van der Waals surface area contributed by atoms with Crippen LogP contribution in [0.2, 0.25) is 0 Å². The number of aryl methyl sites for hydroxylation is 1. The van der Waals surface area contributed by atoms with Gasteiger partial charge >= 0.3 is 11.6 Å². The summed E-state index contributed by atoms with van der Waals surface area (Å²) in [7, 11) is 0. The molecule has 1 atom stereocenters. The molecule has 0 aliphatic heterocycles. The van der Waals surface area contributed by atoms with Crippen molar-refractivity contribution in [2.24, 2.45) is 5.92 Å². The average Bonchev–Trinajstić information content (AvgIpc) is 2.64. The van der Waals surface area contributed by atoms with Gasteiger partial charge in [0.25, 0.3) is 0 Å². The van der Waals surface area contributed by atoms with Gasteiger partial charge in [-0.3, -0.25) is 9.59 Å². The van der Waals surface area contributed by atoms with Gasteiger partial charge in [0, 0.05) is 5.39 Å². The van der Waals surface area contributed by atoms with Crippen LogP contribution in [0.15, 0.2) is 21.3 Å². The molecule has 0 radical (unpaired) electrons. The molecule has 1 aromatic carbocycles. The molecule has 5 N–H and O–H groups in total. The molecule has 1 unspecified atom stereocenters. The third-order valence-electron chi connectivity index (χ3n) is 4.44. The maximum atomic E-state index is 12.2. The van der Waals surface area contributed by atoms with Gasteiger partial charge in [0.2, 0.25) is 17.6 Å². The monoisotopic (exact) mass is 406 g/mol. The second-order valence-corrected chi connectivity index (χ2v) is 6.88. The van der Waals surface area contributed by atoms with Gasteiger partial charge in [-0.25, -0.2) is 9.59 Å². The lowest BCUT2D eigenvalue weighted by molar-refractivity contribution is -0.143. The van der Waals surface area contributed by atoms with E-state index in [0.29, 0.717) is 10.9 Å². The molecular formula is C19H22N2O8. The van der Waals surface area contributed by atoms with Crippen molar-refractivity contribution < 1.29 is 34.1 Å². The van der Waals surface area contributed by atoms with Crippen molar-refractivity contribution in [1.29, 1.82) is 0 Å². The molecule has 10 nitrogen and oxygen atoms in total. The Morgan fingerprint density at radius 2 is 1.79 bits per heavy atom. The summed E-state index contributed by atoms with van der Waals surface area (Å²) < 4.78 is 5.03. The number of amides is 2. The van der Waals surface area contributed by atoms with Crippen LogP contribution in [0.4, 0.5) is 0 Å². The highest BCUT2D eigenvalue weighted by Gasteiger charge is 2.24. The molecular weight excluding hydrogens is 384 g/mol. The van der Waals surface area contributed by atoms with E-state index in [1.165, 1.54) is 12.1 Å². The first kappa shape index (κ1) is 21.7. The summed E-state index contributed by atoms with van der Waals surface area (Å²) in [5.41, 5.74) is -0.631. The molecule has 0 saturated carbocycles. The zero-order valence-electron chi connectivity index (χ0n) is 16.1. The number of hydrogen-bond acceptors (Lipinski definition) is 7. The largest absolute Gasteiger partial charge is 0.504 e. The number of nitrogens with one attached hydrogen (secondary N) is 2. The molecule has 2 rings (SSSR count). The van der Waals surface area contributed by atoms with Crippen LogP contribution in [0, 0.1) is 12.8 Å². The van der Waals surface area contributed by atoms with E-state index in [4.69, 9.17) is 9.52 Å². The van der Waals surface area contributed by atoms with Gasteiger partial charge in [-0.1, -0.05) is 13.8 Å². The predicted molar refractivity (Wildman–Crippen MR) is 102 cm³/mol. The van der Waals surface area contributed by atoms with E-state index in [9.17, 15) is 29.4 Å². The van der Waals surface area contributed by atoms with E-state index in [0.717, 1.165) is 0 Å². The van der Waals surface area contributed by atoms with Crippen LogP contribution >= 0.6 is 0 Å². The molecule has 1 heterocycles. The Labute approximate surface area is 165 Å². The van der Waals surface area contributed by atoms with Crippen LogP contribution in [0.3, 0.4) is 0 Å². The molecule has 0 fully saturated rings. The summed E-state index contributed by atoms with van der Waals surface area (Å²) in [5, 5.41) is 33.4. The lowest BCUT2D eigenvalue weighted by Gasteiger charge is -2.18. The average molecular weight is 406 g/mol. The molecule has 0 bridgehead atoms. The quantitative estimate of drug-likeness (QED) is 0.325. The standard InChI is InChI=1S/C19H22N2O8/c1-8(2)15(18(26)27)21-14(24)7-20-13(23)6-11-9(3)10-4-5-12(22)16(25)17(10)29-19(11)28/h4-5,8,15,22,25H,6-7H2,1-3H3,(H,20,23)(H,21,24)(H,26,27). The smallest absolute Gasteiger partial charge is 0.340 e. The summed E-state index contributed by atoms with van der Waals surface area (Å²) in [4.78, 5) is 47.3. The molecule has 29 heavy (non-hydrogen) atoms. The van der Waals surface area contributed by atoms with Crippen molar-refractivity contribution in [3.63, 3.8) is 0 Å². The maximum Gasteiger partial charge on any atom is 0.340 e. The normalized spacial score (nSPS) is 12.0. The number of aliphatic carboxylic acids is 1. The Kier molecular flexibility index (Phi) is 6.47. The summed E-state index contributed by atoms with van der Waals surface area (Å²) in [5.74, 6) is -3.87. The minimum Gasteiger partial charge on any atom is -0.504 e. The van der Waals surface area contributed by atoms with Gasteiger partial charge in [0.05, 0.1) is 18.5 Å². The number of carboxylic acids is 1. The number of aromatic hydroxyl groups is 2. The lowest BCUT2D eigenvalue weighted by atomic mass is 10.0. The Bertz CT molecular complexity index is 1030. The second-order valence-electron chi connectivity index (χ2n) is 6.88. The fraction of sp³-hybridized carbons (Fsp3) is 0.368. The van der Waals surface area contributed by atoms with E-state index >= 15 is 0 Å². The lowest BCUT2D eigenvalue weighted by Crippen LogP contribution is -2.48. The highest BCUT2D eigenvalue weighted by atomic mass is 16.4. The summed E-state index contributed by atoms with van der Waals surface area (Å²) in [6.45, 7) is 4.38. The van der Waals surface area contributed by atoms with E-state index in [1.807, 2.05) is 0 Å². The van der Waals surface area contributed by atoms with E-state index in [-0.39, 0.29) is 23.5 Å². The highest BCUT2D eigenvalue weighted by Crippen LogP contribution is 2.34. The third kappa shape index (κ3) is 4.84. The van der Waals surface area contributed by atoms with Crippen LogP contribution in [0.25, 0.3) is 11.0 Å². The fourth-order valence-electron chi connectivity index (χ4n) is 2.77. The Morgan fingerprint density at radius 3 is 2.38 bits per heavy atom. The van der Waals surface area contributed by atoms with Gasteiger partial charge in [0.1, 0.15) is 6.04 Å². The number of hydrogen-bond donors (Lipinski definition) is 5. The number of carboxylic acid groups (broad SMARTS) is 1. The molecule has 0 aliphatic rings. The predicted octanol–water partition coefficient (Wildman–Crippen LogP) is 0.397. The first-order chi connectivity index (χ1) is 13.5. The van der Waals surface area contributed by atoms with Gasteiger partial charge < -0.3 is 30.4 Å². The van der Waals surface area contributed by atoms with Gasteiger partial charge in [-0.15, -0.1) is 0 Å². The van der Waals surface area contributed by atoms with Gasteiger partial charge in [0.15, 0.2) is 11.3 Å². The summed E-state index contributed by atoms with van der Waals surface area (Å²) >= 11 is 0. The number of phenols is 2. The first-order valence-corrected chi connectivity index (χ1v) is 8.79. The second kappa shape index (κ2) is 8.63. The Morgan fingerprint density at radius 1 is 1.14 bits per heavy atom. The molecule has 0 saturated heterocycles. The van der Waals surface area contributed by atoms with E-state index < -0.39 is 47.5 Å². The molecule has 0 aliphatic carbocycles. The molecule has 2 aromatic rings. The van der Waals surface area contributed by atoms with Crippen LogP contribution in [-0.4, -0.2) is 45.7 Å². The molecule has 10 heteroatoms. The SMILES string of the molecule is Cc1c(CC(=O)NCC(=O)NC(C(=O)O)C(C)C)c(=O)oc2c(O)c(O)ccc12. The van der Waals surface area contributed by atoms with Crippen molar-refractivity contribution in [2.75, 3.05) is 6.54 Å². The Balaban J connectivity index is 2.10. The number of carbonyl (C=O) groups is 3. The Hall–Kier alpha value is -3.56. The van der Waals surface area contributed by atoms with Crippen LogP contribution in [-0.2, 0) is 20.8 Å². The van der Waals surface area contributed by atoms with Gasteiger partial charge in [-0.05, 0) is 30.5 Å². The van der Waals surface area contributed by atoms with Crippen molar-refractivity contribution in [2.45, 2.75) is 33.2 Å². The minimum absolute atomic E-state index is 0.0334. The van der Waals surface area contributed by atoms with Crippen LogP contribution in [0.1, 0.15) is 25.0 Å². The highest BCUT2D eigenvalue weighted by molar-refractivity contribution is 5.91. The maximum absolute atomic E-state index is 12.2. The van der Waals surface area contributed by atoms with Crippen molar-refractivity contribution in [3.05, 3.63) is 33.7 Å². The fourth-order valence-corrected chi connectivity index (χ4v) is 2.77. The number of phenolic OH excluding ortho intramolecular Hbond substituents is 2. The summed E-state index contributed by atoms with van der Waals surface area (Å²) in [6, 6.07) is 1.58. The van der Waals surface area contributed by atoms with Crippen molar-refractivity contribution in [3.8, 4) is 11.5 Å². The molecule has 2 amide bonds. The molecule has 156 valence electrons. The number of carbonyl (C=O) groups excluding carboxylic acids is 2. The van der Waals surface area contributed by atoms with Crippen LogP contribution < -0.4 is 16.3 Å². The first-order valence-electron chi connectivity index (χ1n) is 8.79. The van der Waals surface area contributed by atoms with E-state index in [1.54, 1.807) is 20.8 Å². The molecule has 1 aromatic heterocycles. The van der Waals surface area contributed by atoms with Crippen molar-refractivity contribution in [1.82, 2.24) is 10.6 Å². The van der Waals surface area contributed by atoms with Gasteiger partial charge in [-0.2, -0.15) is 0 Å². The minimum atomic E-state index is -1.18. The number of fused-ring (bicyclic) bond motifs is 1. The zero-order chi connectivity index (χ0) is 21.9. The van der Waals surface area contributed by atoms with Crippen LogP contribution in [0.5, 0.6) is 11.5 Å². The topological polar surface area (TPSA) is 166 Å². The summed E-state index contributed by atoms with van der Waals surface area (Å²) in [6.07, 6.45) is -0.383.